The topological polar surface area (TPSA) is 90.1 Å². The molecular weight excluding hydrogens is 416 g/mol. The summed E-state index contributed by atoms with van der Waals surface area (Å²) in [7, 11) is 1.28. The average Bonchev–Trinajstić information content (AvgIpc) is 3.10. The van der Waals surface area contributed by atoms with E-state index in [1.54, 1.807) is 36.4 Å². The lowest BCUT2D eigenvalue weighted by Gasteiger charge is -2.07. The van der Waals surface area contributed by atoms with Gasteiger partial charge in [-0.25, -0.2) is 10.2 Å². The van der Waals surface area contributed by atoms with Crippen LogP contribution in [0.4, 0.5) is 0 Å². The first-order chi connectivity index (χ1) is 13.1. The van der Waals surface area contributed by atoms with Crippen LogP contribution in [0.25, 0.3) is 11.0 Å². The number of nitrogens with one attached hydrogen (secondary N) is 1. The zero-order valence-electron chi connectivity index (χ0n) is 14.3. The van der Waals surface area contributed by atoms with E-state index >= 15 is 0 Å². The van der Waals surface area contributed by atoms with Crippen molar-refractivity contribution in [1.82, 2.24) is 5.43 Å². The van der Waals surface area contributed by atoms with Gasteiger partial charge in [-0.15, -0.1) is 0 Å². The molecule has 1 amide bonds. The minimum atomic E-state index is -0.494. The van der Waals surface area contributed by atoms with Gasteiger partial charge in [0.25, 0.3) is 0 Å². The molecule has 3 aromatic rings. The minimum absolute atomic E-state index is 0.149. The first-order valence-corrected chi connectivity index (χ1v) is 8.67. The number of hydrogen-bond donors (Lipinski definition) is 1. The number of carbonyl (C=O) groups is 2. The van der Waals surface area contributed by atoms with Crippen molar-refractivity contribution in [3.05, 3.63) is 64.3 Å². The Morgan fingerprint density at radius 1 is 1.22 bits per heavy atom. The van der Waals surface area contributed by atoms with Crippen LogP contribution in [0, 0.1) is 0 Å². The third kappa shape index (κ3) is 4.73. The number of esters is 1. The van der Waals surface area contributed by atoms with Crippen molar-refractivity contribution in [2.75, 3.05) is 13.7 Å². The van der Waals surface area contributed by atoms with E-state index in [0.717, 1.165) is 9.86 Å². The number of carbonyl (C=O) groups excluding carboxylic acids is 2. The first kappa shape index (κ1) is 18.7. The van der Waals surface area contributed by atoms with Gasteiger partial charge in [0.15, 0.2) is 12.4 Å². The van der Waals surface area contributed by atoms with Crippen molar-refractivity contribution >= 4 is 45.0 Å². The number of halogens is 1. The van der Waals surface area contributed by atoms with Gasteiger partial charge in [0, 0.05) is 15.4 Å². The monoisotopic (exact) mass is 430 g/mol. The maximum Gasteiger partial charge on any atom is 0.343 e. The molecule has 0 fully saturated rings. The summed E-state index contributed by atoms with van der Waals surface area (Å²) in [6.07, 6.45) is 1.42. The van der Waals surface area contributed by atoms with Crippen LogP contribution in [0.5, 0.6) is 5.75 Å². The van der Waals surface area contributed by atoms with E-state index in [0.29, 0.717) is 16.9 Å². The van der Waals surface area contributed by atoms with Gasteiger partial charge >= 0.3 is 11.9 Å². The molecule has 0 aliphatic heterocycles. The molecule has 7 nitrogen and oxygen atoms in total. The Kier molecular flexibility index (Phi) is 5.87. The molecule has 1 heterocycles. The van der Waals surface area contributed by atoms with E-state index in [2.05, 4.69) is 31.2 Å². The van der Waals surface area contributed by atoms with Crippen molar-refractivity contribution in [1.29, 1.82) is 0 Å². The molecule has 0 bridgehead atoms. The molecule has 0 radical (unpaired) electrons. The molecule has 138 valence electrons. The highest BCUT2D eigenvalue weighted by Gasteiger charge is 2.12. The standard InChI is InChI=1S/C19H15BrN2O5/c1-25-18(23)11-26-15-5-3-2-4-12(15)10-21-22-19(24)17-9-13-8-14(20)6-7-16(13)27-17/h2-10H,11H2,1H3,(H,22,24)/b21-10-. The summed E-state index contributed by atoms with van der Waals surface area (Å²) in [5, 5.41) is 4.73. The van der Waals surface area contributed by atoms with Crippen LogP contribution in [0.3, 0.4) is 0 Å². The molecule has 0 saturated carbocycles. The summed E-state index contributed by atoms with van der Waals surface area (Å²) in [6.45, 7) is -0.220. The first-order valence-electron chi connectivity index (χ1n) is 7.88. The molecule has 3 rings (SSSR count). The van der Waals surface area contributed by atoms with Gasteiger partial charge in [-0.1, -0.05) is 28.1 Å². The van der Waals surface area contributed by atoms with Crippen LogP contribution in [-0.2, 0) is 9.53 Å². The van der Waals surface area contributed by atoms with Gasteiger partial charge in [0.1, 0.15) is 11.3 Å². The summed E-state index contributed by atoms with van der Waals surface area (Å²) in [5.74, 6) is -0.386. The fourth-order valence-electron chi connectivity index (χ4n) is 2.26. The second-order valence-corrected chi connectivity index (χ2v) is 6.31. The molecule has 1 N–H and O–H groups in total. The minimum Gasteiger partial charge on any atom is -0.481 e. The van der Waals surface area contributed by atoms with E-state index in [1.165, 1.54) is 13.3 Å². The fraction of sp³-hybridized carbons (Fsp3) is 0.105. The highest BCUT2D eigenvalue weighted by Crippen LogP contribution is 2.23. The summed E-state index contributed by atoms with van der Waals surface area (Å²) in [6, 6.07) is 14.1. The molecule has 0 atom stereocenters. The Hall–Kier alpha value is -3.13. The van der Waals surface area contributed by atoms with Crippen LogP contribution in [0.1, 0.15) is 16.1 Å². The predicted octanol–water partition coefficient (Wildman–Crippen LogP) is 3.51. The van der Waals surface area contributed by atoms with Gasteiger partial charge in [-0.05, 0) is 36.4 Å². The van der Waals surface area contributed by atoms with Crippen molar-refractivity contribution in [3.8, 4) is 5.75 Å². The van der Waals surface area contributed by atoms with Crippen LogP contribution >= 0.6 is 15.9 Å². The molecule has 0 aliphatic rings. The number of furan rings is 1. The largest absolute Gasteiger partial charge is 0.481 e. The Bertz CT molecular complexity index is 1010. The highest BCUT2D eigenvalue weighted by molar-refractivity contribution is 9.10. The van der Waals surface area contributed by atoms with Crippen molar-refractivity contribution in [2.45, 2.75) is 0 Å². The smallest absolute Gasteiger partial charge is 0.343 e. The molecule has 0 unspecified atom stereocenters. The fourth-order valence-corrected chi connectivity index (χ4v) is 2.63. The molecule has 1 aromatic heterocycles. The Labute approximate surface area is 163 Å². The molecular formula is C19H15BrN2O5. The molecule has 27 heavy (non-hydrogen) atoms. The second-order valence-electron chi connectivity index (χ2n) is 5.39. The van der Waals surface area contributed by atoms with Gasteiger partial charge < -0.3 is 13.9 Å². The lowest BCUT2D eigenvalue weighted by molar-refractivity contribution is -0.142. The number of rotatable bonds is 6. The maximum absolute atomic E-state index is 12.2. The lowest BCUT2D eigenvalue weighted by Crippen LogP contribution is -2.17. The third-order valence-electron chi connectivity index (χ3n) is 3.56. The number of benzene rings is 2. The molecule has 8 heteroatoms. The second kappa shape index (κ2) is 8.50. The van der Waals surface area contributed by atoms with Gasteiger partial charge in [-0.2, -0.15) is 5.10 Å². The maximum atomic E-state index is 12.2. The number of fused-ring (bicyclic) bond motifs is 1. The normalized spacial score (nSPS) is 10.9. The van der Waals surface area contributed by atoms with Crippen molar-refractivity contribution in [3.63, 3.8) is 0 Å². The lowest BCUT2D eigenvalue weighted by atomic mass is 10.2. The molecule has 0 spiro atoms. The number of methoxy groups -OCH3 is 1. The number of ether oxygens (including phenoxy) is 2. The van der Waals surface area contributed by atoms with Crippen LogP contribution in [-0.4, -0.2) is 31.8 Å². The summed E-state index contributed by atoms with van der Waals surface area (Å²) in [5.41, 5.74) is 3.60. The van der Waals surface area contributed by atoms with E-state index in [9.17, 15) is 9.59 Å². The molecule has 0 saturated heterocycles. The van der Waals surface area contributed by atoms with Crippen LogP contribution in [0.2, 0.25) is 0 Å². The summed E-state index contributed by atoms with van der Waals surface area (Å²) in [4.78, 5) is 23.4. The van der Waals surface area contributed by atoms with E-state index in [4.69, 9.17) is 9.15 Å². The van der Waals surface area contributed by atoms with Crippen molar-refractivity contribution < 1.29 is 23.5 Å². The van der Waals surface area contributed by atoms with Gasteiger partial charge in [0.2, 0.25) is 0 Å². The number of nitrogens with zero attached hydrogens (tertiary/aromatic N) is 1. The van der Waals surface area contributed by atoms with E-state index in [1.807, 2.05) is 12.1 Å². The van der Waals surface area contributed by atoms with E-state index in [-0.39, 0.29) is 12.4 Å². The third-order valence-corrected chi connectivity index (χ3v) is 4.06. The molecule has 0 aliphatic carbocycles. The number of hydrogen-bond acceptors (Lipinski definition) is 6. The Morgan fingerprint density at radius 2 is 2.04 bits per heavy atom. The van der Waals surface area contributed by atoms with Crippen LogP contribution in [0.15, 0.2) is 62.5 Å². The zero-order valence-corrected chi connectivity index (χ0v) is 15.9. The SMILES string of the molecule is COC(=O)COc1ccccc1/C=N\NC(=O)c1cc2cc(Br)ccc2o1. The number of para-hydroxylation sites is 1. The number of hydrazone groups is 1. The number of amides is 1. The zero-order chi connectivity index (χ0) is 19.2. The van der Waals surface area contributed by atoms with Gasteiger partial charge in [-0.3, -0.25) is 4.79 Å². The Balaban J connectivity index is 1.67. The van der Waals surface area contributed by atoms with Crippen molar-refractivity contribution in [2.24, 2.45) is 5.10 Å². The summed E-state index contributed by atoms with van der Waals surface area (Å²) < 4.78 is 16.3. The molecule has 2 aromatic carbocycles. The van der Waals surface area contributed by atoms with Crippen LogP contribution < -0.4 is 10.2 Å². The Morgan fingerprint density at radius 3 is 2.85 bits per heavy atom. The quantitative estimate of drug-likeness (QED) is 0.367. The average molecular weight is 431 g/mol. The summed E-state index contributed by atoms with van der Waals surface area (Å²) >= 11 is 3.37. The van der Waals surface area contributed by atoms with E-state index < -0.39 is 11.9 Å². The predicted molar refractivity (Wildman–Crippen MR) is 103 cm³/mol. The van der Waals surface area contributed by atoms with Gasteiger partial charge in [0.05, 0.1) is 13.3 Å². The highest BCUT2D eigenvalue weighted by atomic mass is 79.9.